The highest BCUT2D eigenvalue weighted by atomic mass is 31.2. The van der Waals surface area contributed by atoms with E-state index in [1.165, 1.54) is 0 Å². The molecule has 1 N–H and O–H groups in total. The normalized spacial score (nSPS) is 22.6. The van der Waals surface area contributed by atoms with Gasteiger partial charge in [-0.25, -0.2) is 0 Å². The lowest BCUT2D eigenvalue weighted by Gasteiger charge is -2.47. The van der Waals surface area contributed by atoms with Crippen LogP contribution in [-0.2, 0) is 52.0 Å². The van der Waals surface area contributed by atoms with Crippen molar-refractivity contribution in [2.75, 3.05) is 13.2 Å². The molecule has 54 heavy (non-hydrogen) atoms. The summed E-state index contributed by atoms with van der Waals surface area (Å²) >= 11 is 0. The highest BCUT2D eigenvalue weighted by Crippen LogP contribution is 2.58. The minimum Gasteiger partial charge on any atom is -0.462 e. The number of esters is 4. The summed E-state index contributed by atoms with van der Waals surface area (Å²) in [4.78, 5) is 54.2. The van der Waals surface area contributed by atoms with Crippen LogP contribution in [0.2, 0.25) is 0 Å². The number of ether oxygens (including phenoxy) is 5. The zero-order chi connectivity index (χ0) is 40.9. The maximum atomic E-state index is 15.3. The molecule has 2 aromatic carbocycles. The topological polar surface area (TPSA) is 153 Å². The minimum atomic E-state index is -3.88. The van der Waals surface area contributed by atoms with Crippen molar-refractivity contribution in [1.29, 1.82) is 0 Å². The molecule has 0 spiro atoms. The standard InChI is InChI=1S/C41H60NO11P/c1-14-49-54(47,27-23-19-16-20-24-27)33(26-21-17-15-18-22-26)42-32-31(53-37(46)41(11,12)13)30(52-36(45)40(8,9)10)29(51-35(44)39(5,6)7)28(50-32)25-48-34(43)38(2,3)4/h15-24,28-33,42H,14,25H2,1-13H3/t28-,29+,30+,31-,32-,33+,54?/m1/s1. The van der Waals surface area contributed by atoms with E-state index in [4.69, 9.17) is 28.2 Å². The Morgan fingerprint density at radius 2 is 1.07 bits per heavy atom. The summed E-state index contributed by atoms with van der Waals surface area (Å²) in [5, 5.41) is 3.75. The summed E-state index contributed by atoms with van der Waals surface area (Å²) in [6.07, 6.45) is -7.04. The van der Waals surface area contributed by atoms with Gasteiger partial charge in [0.25, 0.3) is 7.37 Å². The second-order valence-corrected chi connectivity index (χ2v) is 20.1. The van der Waals surface area contributed by atoms with Gasteiger partial charge in [0.2, 0.25) is 0 Å². The van der Waals surface area contributed by atoms with Crippen molar-refractivity contribution < 1.29 is 52.0 Å². The zero-order valence-corrected chi connectivity index (χ0v) is 35.0. The number of carbonyl (C=O) groups is 4. The Morgan fingerprint density at radius 3 is 1.52 bits per heavy atom. The molecular weight excluding hydrogens is 713 g/mol. The molecule has 0 bridgehead atoms. The van der Waals surface area contributed by atoms with Gasteiger partial charge in [-0.05, 0) is 108 Å². The molecule has 0 saturated carbocycles. The third kappa shape index (κ3) is 11.5. The Kier molecular flexibility index (Phi) is 14.5. The minimum absolute atomic E-state index is 0.0905. The van der Waals surface area contributed by atoms with Gasteiger partial charge in [-0.2, -0.15) is 0 Å². The molecule has 13 heteroatoms. The van der Waals surface area contributed by atoms with Gasteiger partial charge < -0.3 is 28.2 Å². The number of nitrogens with one attached hydrogen (secondary N) is 1. The van der Waals surface area contributed by atoms with Crippen LogP contribution in [0.5, 0.6) is 0 Å². The van der Waals surface area contributed by atoms with Crippen LogP contribution in [-0.4, -0.2) is 67.7 Å². The molecule has 1 saturated heterocycles. The van der Waals surface area contributed by atoms with Crippen LogP contribution >= 0.6 is 7.37 Å². The predicted octanol–water partition coefficient (Wildman–Crippen LogP) is 7.10. The van der Waals surface area contributed by atoms with Gasteiger partial charge in [0.05, 0.1) is 28.3 Å². The van der Waals surface area contributed by atoms with Crippen molar-refractivity contribution in [3.63, 3.8) is 0 Å². The molecule has 12 nitrogen and oxygen atoms in total. The van der Waals surface area contributed by atoms with Gasteiger partial charge >= 0.3 is 23.9 Å². The first-order valence-electron chi connectivity index (χ1n) is 18.4. The van der Waals surface area contributed by atoms with E-state index in [1.54, 1.807) is 145 Å². The van der Waals surface area contributed by atoms with E-state index >= 15 is 4.57 Å². The number of rotatable bonds is 12. The van der Waals surface area contributed by atoms with Crippen molar-refractivity contribution in [2.45, 2.75) is 126 Å². The lowest BCUT2D eigenvalue weighted by molar-refractivity contribution is -0.265. The Hall–Kier alpha value is -3.57. The molecule has 0 aromatic heterocycles. The monoisotopic (exact) mass is 773 g/mol. The molecule has 1 aliphatic rings. The smallest absolute Gasteiger partial charge is 0.311 e. The SMILES string of the molecule is CCOP(=O)(c1ccccc1)[C@H](N[C@@H]1O[C@H](COC(=O)C(C)(C)C)[C@H](OC(=O)C(C)(C)C)[C@H](OC(=O)C(C)(C)C)[C@H]1OC(=O)C(C)(C)C)c1ccccc1. The molecule has 300 valence electrons. The van der Waals surface area contributed by atoms with E-state index in [9.17, 15) is 19.2 Å². The number of hydrogen-bond acceptors (Lipinski definition) is 12. The number of hydrogen-bond donors (Lipinski definition) is 1. The molecular formula is C41H60NO11P. The molecule has 1 heterocycles. The number of benzene rings is 2. The molecule has 0 radical (unpaired) electrons. The van der Waals surface area contributed by atoms with E-state index in [0.29, 0.717) is 10.9 Å². The maximum Gasteiger partial charge on any atom is 0.311 e. The first-order valence-corrected chi connectivity index (χ1v) is 20.1. The Balaban J connectivity index is 2.34. The summed E-state index contributed by atoms with van der Waals surface area (Å²) < 4.78 is 52.3. The van der Waals surface area contributed by atoms with Crippen LogP contribution in [0.25, 0.3) is 0 Å². The second kappa shape index (κ2) is 17.5. The van der Waals surface area contributed by atoms with Crippen molar-refractivity contribution in [1.82, 2.24) is 5.32 Å². The fourth-order valence-electron chi connectivity index (χ4n) is 5.17. The van der Waals surface area contributed by atoms with E-state index in [-0.39, 0.29) is 6.61 Å². The van der Waals surface area contributed by atoms with Crippen molar-refractivity contribution in [2.24, 2.45) is 21.7 Å². The third-order valence-electron chi connectivity index (χ3n) is 8.41. The van der Waals surface area contributed by atoms with E-state index in [1.807, 2.05) is 6.07 Å². The average Bonchev–Trinajstić information content (AvgIpc) is 3.07. The molecule has 1 unspecified atom stereocenters. The quantitative estimate of drug-likeness (QED) is 0.133. The summed E-state index contributed by atoms with van der Waals surface area (Å²) in [6.45, 7) is 21.4. The average molecular weight is 774 g/mol. The van der Waals surface area contributed by atoms with Gasteiger partial charge in [-0.1, -0.05) is 48.5 Å². The summed E-state index contributed by atoms with van der Waals surface area (Å²) in [6, 6.07) is 17.7. The lowest BCUT2D eigenvalue weighted by Crippen LogP contribution is -2.67. The van der Waals surface area contributed by atoms with Crippen molar-refractivity contribution >= 4 is 36.6 Å². The predicted molar refractivity (Wildman–Crippen MR) is 205 cm³/mol. The van der Waals surface area contributed by atoms with E-state index in [2.05, 4.69) is 5.32 Å². The molecule has 2 aromatic rings. The molecule has 3 rings (SSSR count). The zero-order valence-electron chi connectivity index (χ0n) is 34.1. The van der Waals surface area contributed by atoms with Crippen LogP contribution in [0.15, 0.2) is 60.7 Å². The van der Waals surface area contributed by atoms with Gasteiger partial charge in [0.15, 0.2) is 24.5 Å². The van der Waals surface area contributed by atoms with Crippen molar-refractivity contribution in [3.8, 4) is 0 Å². The highest BCUT2D eigenvalue weighted by molar-refractivity contribution is 7.67. The third-order valence-corrected chi connectivity index (χ3v) is 11.2. The Morgan fingerprint density at radius 1 is 0.648 bits per heavy atom. The van der Waals surface area contributed by atoms with Gasteiger partial charge in [0.1, 0.15) is 18.5 Å². The van der Waals surface area contributed by atoms with Crippen LogP contribution in [0.1, 0.15) is 101 Å². The summed E-state index contributed by atoms with van der Waals surface area (Å²) in [7, 11) is -3.88. The van der Waals surface area contributed by atoms with Crippen LogP contribution in [0.4, 0.5) is 0 Å². The first kappa shape index (κ1) is 44.8. The number of carbonyl (C=O) groups excluding carboxylic acids is 4. The summed E-state index contributed by atoms with van der Waals surface area (Å²) in [5.74, 6) is -3.69. The van der Waals surface area contributed by atoms with Gasteiger partial charge in [-0.15, -0.1) is 0 Å². The largest absolute Gasteiger partial charge is 0.462 e. The first-order chi connectivity index (χ1) is 24.8. The van der Waals surface area contributed by atoms with E-state index < -0.39 is 95.9 Å². The van der Waals surface area contributed by atoms with Gasteiger partial charge in [0, 0.05) is 5.30 Å². The molecule has 1 fully saturated rings. The van der Waals surface area contributed by atoms with Crippen LogP contribution in [0.3, 0.4) is 0 Å². The molecule has 7 atom stereocenters. The fraction of sp³-hybridized carbons (Fsp3) is 0.610. The maximum absolute atomic E-state index is 15.3. The lowest BCUT2D eigenvalue weighted by atomic mass is 9.92. The van der Waals surface area contributed by atoms with E-state index in [0.717, 1.165) is 0 Å². The molecule has 0 amide bonds. The molecule has 0 aliphatic carbocycles. The van der Waals surface area contributed by atoms with Crippen LogP contribution < -0.4 is 10.6 Å². The second-order valence-electron chi connectivity index (χ2n) is 17.6. The fourth-order valence-corrected chi connectivity index (χ4v) is 7.65. The Bertz CT molecular complexity index is 1640. The van der Waals surface area contributed by atoms with Crippen molar-refractivity contribution in [3.05, 3.63) is 66.2 Å². The van der Waals surface area contributed by atoms with Crippen LogP contribution in [0, 0.1) is 21.7 Å². The Labute approximate surface area is 320 Å². The summed E-state index contributed by atoms with van der Waals surface area (Å²) in [5.41, 5.74) is -3.44. The molecule has 1 aliphatic heterocycles. The highest BCUT2D eigenvalue weighted by Gasteiger charge is 2.56. The van der Waals surface area contributed by atoms with Gasteiger partial charge in [-0.3, -0.25) is 29.1 Å².